The number of ether oxygens (including phenoxy) is 2. The molecular formula is C20H24BrNO4S2. The second kappa shape index (κ2) is 11.6. The van der Waals surface area contributed by atoms with Crippen LogP contribution in [0.1, 0.15) is 45.1 Å². The SMILES string of the molecule is CCOC(=O)CCCCCN1C(=O)/C(=C\c2cc(Br)ccc2OCC)SC1=S. The molecule has 1 aromatic carbocycles. The fraction of sp³-hybridized carbons (Fsp3) is 0.450. The molecule has 2 rings (SSSR count). The van der Waals surface area contributed by atoms with Gasteiger partial charge in [-0.15, -0.1) is 0 Å². The largest absolute Gasteiger partial charge is 0.493 e. The maximum absolute atomic E-state index is 12.8. The molecule has 5 nitrogen and oxygen atoms in total. The molecule has 0 aliphatic carbocycles. The minimum Gasteiger partial charge on any atom is -0.493 e. The number of carbonyl (C=O) groups is 2. The van der Waals surface area contributed by atoms with E-state index in [4.69, 9.17) is 21.7 Å². The first-order valence-corrected chi connectivity index (χ1v) is 11.3. The number of esters is 1. The van der Waals surface area contributed by atoms with Crippen LogP contribution in [0.25, 0.3) is 6.08 Å². The van der Waals surface area contributed by atoms with E-state index in [0.29, 0.717) is 35.4 Å². The molecule has 1 aromatic rings. The van der Waals surface area contributed by atoms with E-state index in [1.807, 2.05) is 31.2 Å². The monoisotopic (exact) mass is 485 g/mol. The van der Waals surface area contributed by atoms with Gasteiger partial charge in [0, 0.05) is 23.0 Å². The van der Waals surface area contributed by atoms with Gasteiger partial charge in [-0.3, -0.25) is 14.5 Å². The van der Waals surface area contributed by atoms with Gasteiger partial charge in [0.15, 0.2) is 0 Å². The van der Waals surface area contributed by atoms with Crippen LogP contribution in [0.5, 0.6) is 5.75 Å². The summed E-state index contributed by atoms with van der Waals surface area (Å²) in [6.07, 6.45) is 4.62. The van der Waals surface area contributed by atoms with Gasteiger partial charge in [-0.05, 0) is 51.0 Å². The number of halogens is 1. The van der Waals surface area contributed by atoms with Crippen LogP contribution in [0.4, 0.5) is 0 Å². The first-order chi connectivity index (χ1) is 13.5. The van der Waals surface area contributed by atoms with Gasteiger partial charge in [-0.25, -0.2) is 0 Å². The molecule has 8 heteroatoms. The zero-order valence-corrected chi connectivity index (χ0v) is 19.3. The lowest BCUT2D eigenvalue weighted by Crippen LogP contribution is -2.29. The predicted molar refractivity (Wildman–Crippen MR) is 120 cm³/mol. The highest BCUT2D eigenvalue weighted by Crippen LogP contribution is 2.35. The van der Waals surface area contributed by atoms with E-state index >= 15 is 0 Å². The van der Waals surface area contributed by atoms with Crippen molar-refractivity contribution in [1.82, 2.24) is 4.90 Å². The van der Waals surface area contributed by atoms with Crippen molar-refractivity contribution in [3.05, 3.63) is 33.1 Å². The average Bonchev–Trinajstić information content (AvgIpc) is 2.91. The highest BCUT2D eigenvalue weighted by atomic mass is 79.9. The Morgan fingerprint density at radius 2 is 2.04 bits per heavy atom. The fourth-order valence-corrected chi connectivity index (χ4v) is 4.38. The van der Waals surface area contributed by atoms with Crippen LogP contribution < -0.4 is 4.74 Å². The standard InChI is InChI=1S/C20H24BrNO4S2/c1-3-25-16-10-9-15(21)12-14(16)13-17-19(24)22(20(27)28-17)11-7-5-6-8-18(23)26-4-2/h9-10,12-13H,3-8,11H2,1-2H3/b17-13+. The van der Waals surface area contributed by atoms with Crippen molar-refractivity contribution in [2.75, 3.05) is 19.8 Å². The van der Waals surface area contributed by atoms with E-state index in [2.05, 4.69) is 15.9 Å². The number of hydrogen-bond acceptors (Lipinski definition) is 6. The summed E-state index contributed by atoms with van der Waals surface area (Å²) < 4.78 is 12.0. The average molecular weight is 486 g/mol. The molecular weight excluding hydrogens is 462 g/mol. The minimum atomic E-state index is -0.171. The molecule has 1 aliphatic rings. The van der Waals surface area contributed by atoms with E-state index in [9.17, 15) is 9.59 Å². The molecule has 0 unspecified atom stereocenters. The van der Waals surface area contributed by atoms with Gasteiger partial charge in [0.25, 0.3) is 5.91 Å². The van der Waals surface area contributed by atoms with Crippen molar-refractivity contribution in [3.8, 4) is 5.75 Å². The Labute approximate surface area is 184 Å². The lowest BCUT2D eigenvalue weighted by molar-refractivity contribution is -0.143. The first-order valence-electron chi connectivity index (χ1n) is 9.29. The highest BCUT2D eigenvalue weighted by molar-refractivity contribution is 9.10. The molecule has 1 saturated heterocycles. The Morgan fingerprint density at radius 3 is 2.75 bits per heavy atom. The van der Waals surface area contributed by atoms with E-state index in [1.165, 1.54) is 11.8 Å². The summed E-state index contributed by atoms with van der Waals surface area (Å²) in [4.78, 5) is 26.3. The van der Waals surface area contributed by atoms with Crippen molar-refractivity contribution >= 4 is 62.2 Å². The second-order valence-electron chi connectivity index (χ2n) is 6.06. The van der Waals surface area contributed by atoms with Crippen LogP contribution in [0, 0.1) is 0 Å². The smallest absolute Gasteiger partial charge is 0.305 e. The molecule has 1 amide bonds. The number of thiocarbonyl (C=S) groups is 1. The number of benzene rings is 1. The van der Waals surface area contributed by atoms with Crippen LogP contribution >= 0.6 is 39.9 Å². The van der Waals surface area contributed by atoms with Crippen molar-refractivity contribution in [3.63, 3.8) is 0 Å². The van der Waals surface area contributed by atoms with Gasteiger partial charge in [-0.2, -0.15) is 0 Å². The summed E-state index contributed by atoms with van der Waals surface area (Å²) in [6, 6.07) is 5.71. The molecule has 0 saturated carbocycles. The molecule has 152 valence electrons. The Hall–Kier alpha value is -1.38. The molecule has 28 heavy (non-hydrogen) atoms. The molecule has 0 bridgehead atoms. The normalized spacial score (nSPS) is 15.4. The summed E-state index contributed by atoms with van der Waals surface area (Å²) >= 11 is 10.2. The highest BCUT2D eigenvalue weighted by Gasteiger charge is 2.31. The third-order valence-electron chi connectivity index (χ3n) is 4.00. The number of nitrogens with zero attached hydrogens (tertiary/aromatic N) is 1. The van der Waals surface area contributed by atoms with Crippen LogP contribution in [0.3, 0.4) is 0 Å². The number of unbranched alkanes of at least 4 members (excludes halogenated alkanes) is 2. The summed E-state index contributed by atoms with van der Waals surface area (Å²) in [5.41, 5.74) is 0.839. The van der Waals surface area contributed by atoms with Crippen LogP contribution in [0.15, 0.2) is 27.6 Å². The lowest BCUT2D eigenvalue weighted by atomic mass is 10.1. The minimum absolute atomic E-state index is 0.0807. The van der Waals surface area contributed by atoms with E-state index < -0.39 is 0 Å². The molecule has 1 aliphatic heterocycles. The van der Waals surface area contributed by atoms with Crippen LogP contribution in [-0.4, -0.2) is 40.9 Å². The topological polar surface area (TPSA) is 55.8 Å². The van der Waals surface area contributed by atoms with Gasteiger partial charge >= 0.3 is 5.97 Å². The third kappa shape index (κ3) is 6.60. The molecule has 0 spiro atoms. The number of amides is 1. The maximum atomic E-state index is 12.8. The van der Waals surface area contributed by atoms with Crippen molar-refractivity contribution in [2.45, 2.75) is 39.5 Å². The summed E-state index contributed by atoms with van der Waals surface area (Å²) in [6.45, 7) is 5.24. The first kappa shape index (κ1) is 22.9. The molecule has 0 N–H and O–H groups in total. The van der Waals surface area contributed by atoms with Gasteiger partial charge in [0.1, 0.15) is 10.1 Å². The Balaban J connectivity index is 1.95. The second-order valence-corrected chi connectivity index (χ2v) is 8.66. The predicted octanol–water partition coefficient (Wildman–Crippen LogP) is 5.17. The van der Waals surface area contributed by atoms with E-state index in [0.717, 1.165) is 35.0 Å². The van der Waals surface area contributed by atoms with Crippen molar-refractivity contribution in [1.29, 1.82) is 0 Å². The zero-order chi connectivity index (χ0) is 20.5. The maximum Gasteiger partial charge on any atom is 0.305 e. The third-order valence-corrected chi connectivity index (χ3v) is 5.87. The van der Waals surface area contributed by atoms with E-state index in [-0.39, 0.29) is 11.9 Å². The molecule has 1 fully saturated rings. The molecule has 1 heterocycles. The van der Waals surface area contributed by atoms with Gasteiger partial charge in [0.2, 0.25) is 0 Å². The van der Waals surface area contributed by atoms with Gasteiger partial charge < -0.3 is 9.47 Å². The van der Waals surface area contributed by atoms with Crippen LogP contribution in [0.2, 0.25) is 0 Å². The van der Waals surface area contributed by atoms with Crippen molar-refractivity contribution in [2.24, 2.45) is 0 Å². The van der Waals surface area contributed by atoms with E-state index in [1.54, 1.807) is 11.8 Å². The molecule has 0 radical (unpaired) electrons. The number of thioether (sulfide) groups is 1. The number of hydrogen-bond donors (Lipinski definition) is 0. The Bertz CT molecular complexity index is 767. The zero-order valence-electron chi connectivity index (χ0n) is 16.0. The van der Waals surface area contributed by atoms with Gasteiger partial charge in [-0.1, -0.05) is 46.3 Å². The number of rotatable bonds is 10. The Morgan fingerprint density at radius 1 is 1.25 bits per heavy atom. The van der Waals surface area contributed by atoms with Crippen molar-refractivity contribution < 1.29 is 19.1 Å². The number of carbonyl (C=O) groups excluding carboxylic acids is 2. The summed E-state index contributed by atoms with van der Waals surface area (Å²) in [7, 11) is 0. The summed E-state index contributed by atoms with van der Waals surface area (Å²) in [5, 5.41) is 0. The fourth-order valence-electron chi connectivity index (χ4n) is 2.70. The molecule has 0 aromatic heterocycles. The molecule has 0 atom stereocenters. The van der Waals surface area contributed by atoms with Crippen LogP contribution in [-0.2, 0) is 14.3 Å². The quantitative estimate of drug-likeness (QED) is 0.197. The summed E-state index contributed by atoms with van der Waals surface area (Å²) in [5.74, 6) is 0.480. The lowest BCUT2D eigenvalue weighted by Gasteiger charge is -2.14. The van der Waals surface area contributed by atoms with Gasteiger partial charge in [0.05, 0.1) is 18.1 Å². The Kier molecular flexibility index (Phi) is 9.47.